The summed E-state index contributed by atoms with van der Waals surface area (Å²) in [6.45, 7) is 4.25. The Morgan fingerprint density at radius 3 is 2.35 bits per heavy atom. The minimum atomic E-state index is 0.566. The lowest BCUT2D eigenvalue weighted by Crippen LogP contribution is -2.11. The molecule has 0 saturated carbocycles. The number of rotatable bonds is 5. The lowest BCUT2D eigenvalue weighted by molar-refractivity contribution is 0.589. The quantitative estimate of drug-likeness (QED) is 0.601. The molecular weight excluding hydrogens is 332 g/mol. The standard InChI is InChI=1S/C18H20BrCl/c1-13-7-8-17(18(20)9-13)11-15(12-19)10-16-6-4-3-5-14(16)2/h3-9,15H,10-12H2,1-2H3. The van der Waals surface area contributed by atoms with E-state index < -0.39 is 0 Å². The van der Waals surface area contributed by atoms with Crippen LogP contribution in [0.2, 0.25) is 5.02 Å². The molecule has 0 aliphatic heterocycles. The van der Waals surface area contributed by atoms with Crippen LogP contribution in [0, 0.1) is 19.8 Å². The third-order valence-corrected chi connectivity index (χ3v) is 4.97. The number of hydrogen-bond acceptors (Lipinski definition) is 0. The van der Waals surface area contributed by atoms with Crippen LogP contribution < -0.4 is 0 Å². The fourth-order valence-corrected chi connectivity index (χ4v) is 3.23. The number of aryl methyl sites for hydroxylation is 2. The summed E-state index contributed by atoms with van der Waals surface area (Å²) in [5, 5.41) is 1.88. The molecule has 0 aromatic heterocycles. The van der Waals surface area contributed by atoms with E-state index in [1.54, 1.807) is 0 Å². The van der Waals surface area contributed by atoms with Gasteiger partial charge in [0.15, 0.2) is 0 Å². The molecule has 0 aliphatic rings. The summed E-state index contributed by atoms with van der Waals surface area (Å²) < 4.78 is 0. The molecule has 2 aromatic carbocycles. The Balaban J connectivity index is 2.11. The van der Waals surface area contributed by atoms with Crippen LogP contribution in [0.15, 0.2) is 42.5 Å². The van der Waals surface area contributed by atoms with Crippen molar-refractivity contribution in [3.63, 3.8) is 0 Å². The third kappa shape index (κ3) is 4.10. The van der Waals surface area contributed by atoms with Crippen molar-refractivity contribution in [2.75, 3.05) is 5.33 Å². The van der Waals surface area contributed by atoms with Gasteiger partial charge in [-0.2, -0.15) is 0 Å². The van der Waals surface area contributed by atoms with Crippen LogP contribution in [0.1, 0.15) is 22.3 Å². The van der Waals surface area contributed by atoms with E-state index in [0.717, 1.165) is 23.2 Å². The van der Waals surface area contributed by atoms with Gasteiger partial charge in [-0.15, -0.1) is 0 Å². The van der Waals surface area contributed by atoms with E-state index in [0.29, 0.717) is 5.92 Å². The minimum Gasteiger partial charge on any atom is -0.0925 e. The lowest BCUT2D eigenvalue weighted by atomic mass is 9.92. The molecule has 1 unspecified atom stereocenters. The van der Waals surface area contributed by atoms with E-state index in [4.69, 9.17) is 11.6 Å². The zero-order valence-corrected chi connectivity index (χ0v) is 14.3. The number of benzene rings is 2. The second-order valence-electron chi connectivity index (χ2n) is 5.45. The molecule has 2 rings (SSSR count). The molecule has 0 fully saturated rings. The Morgan fingerprint density at radius 2 is 1.70 bits per heavy atom. The molecule has 106 valence electrons. The highest BCUT2D eigenvalue weighted by Crippen LogP contribution is 2.24. The molecule has 0 bridgehead atoms. The Morgan fingerprint density at radius 1 is 1.00 bits per heavy atom. The summed E-state index contributed by atoms with van der Waals surface area (Å²) in [5.74, 6) is 0.566. The van der Waals surface area contributed by atoms with Gasteiger partial charge in [0.25, 0.3) is 0 Å². The van der Waals surface area contributed by atoms with E-state index in [-0.39, 0.29) is 0 Å². The van der Waals surface area contributed by atoms with Gasteiger partial charge in [0.1, 0.15) is 0 Å². The maximum absolute atomic E-state index is 6.35. The fourth-order valence-electron chi connectivity index (χ4n) is 2.46. The highest BCUT2D eigenvalue weighted by atomic mass is 79.9. The molecule has 0 spiro atoms. The molecule has 0 aliphatic carbocycles. The van der Waals surface area contributed by atoms with Gasteiger partial charge in [-0.3, -0.25) is 0 Å². The molecule has 2 heteroatoms. The van der Waals surface area contributed by atoms with Gasteiger partial charge in [0.2, 0.25) is 0 Å². The Hall–Kier alpha value is -0.790. The van der Waals surface area contributed by atoms with Gasteiger partial charge in [-0.05, 0) is 60.9 Å². The van der Waals surface area contributed by atoms with Crippen molar-refractivity contribution in [3.8, 4) is 0 Å². The predicted octanol–water partition coefficient (Wildman–Crippen LogP) is 5.75. The van der Waals surface area contributed by atoms with Crippen molar-refractivity contribution in [1.82, 2.24) is 0 Å². The topological polar surface area (TPSA) is 0 Å². The monoisotopic (exact) mass is 350 g/mol. The second kappa shape index (κ2) is 7.28. The van der Waals surface area contributed by atoms with Crippen LogP contribution >= 0.6 is 27.5 Å². The van der Waals surface area contributed by atoms with E-state index in [1.807, 2.05) is 0 Å². The van der Waals surface area contributed by atoms with E-state index in [1.165, 1.54) is 22.3 Å². The molecule has 0 radical (unpaired) electrons. The van der Waals surface area contributed by atoms with Gasteiger partial charge >= 0.3 is 0 Å². The highest BCUT2D eigenvalue weighted by molar-refractivity contribution is 9.09. The van der Waals surface area contributed by atoms with Crippen molar-refractivity contribution in [3.05, 3.63) is 69.7 Å². The van der Waals surface area contributed by atoms with Crippen molar-refractivity contribution >= 4 is 27.5 Å². The fraction of sp³-hybridized carbons (Fsp3) is 0.333. The van der Waals surface area contributed by atoms with E-state index in [9.17, 15) is 0 Å². The number of alkyl halides is 1. The molecule has 0 nitrogen and oxygen atoms in total. The van der Waals surface area contributed by atoms with Gasteiger partial charge in [0.05, 0.1) is 0 Å². The summed E-state index contributed by atoms with van der Waals surface area (Å²) in [5.41, 5.74) is 5.26. The third-order valence-electron chi connectivity index (χ3n) is 3.71. The molecule has 0 heterocycles. The van der Waals surface area contributed by atoms with E-state index in [2.05, 4.69) is 72.2 Å². The predicted molar refractivity (Wildman–Crippen MR) is 92.1 cm³/mol. The van der Waals surface area contributed by atoms with Gasteiger partial charge in [-0.25, -0.2) is 0 Å². The average molecular weight is 352 g/mol. The maximum atomic E-state index is 6.35. The smallest absolute Gasteiger partial charge is 0.0440 e. The molecule has 0 N–H and O–H groups in total. The summed E-state index contributed by atoms with van der Waals surface area (Å²) >= 11 is 10.0. The highest BCUT2D eigenvalue weighted by Gasteiger charge is 2.12. The summed E-state index contributed by atoms with van der Waals surface area (Å²) in [6.07, 6.45) is 2.10. The van der Waals surface area contributed by atoms with Crippen molar-refractivity contribution in [2.24, 2.45) is 5.92 Å². The molecule has 1 atom stereocenters. The van der Waals surface area contributed by atoms with Crippen LogP contribution in [0.5, 0.6) is 0 Å². The van der Waals surface area contributed by atoms with Crippen molar-refractivity contribution < 1.29 is 0 Å². The summed E-state index contributed by atoms with van der Waals surface area (Å²) in [7, 11) is 0. The number of halogens is 2. The Bertz CT molecular complexity index is 577. The second-order valence-corrected chi connectivity index (χ2v) is 6.50. The first-order valence-electron chi connectivity index (χ1n) is 6.95. The largest absolute Gasteiger partial charge is 0.0925 e. The first-order valence-corrected chi connectivity index (χ1v) is 8.45. The van der Waals surface area contributed by atoms with Gasteiger partial charge < -0.3 is 0 Å². The molecular formula is C18H20BrCl. The van der Waals surface area contributed by atoms with E-state index >= 15 is 0 Å². The Kier molecular flexibility index (Phi) is 5.68. The van der Waals surface area contributed by atoms with Crippen molar-refractivity contribution in [1.29, 1.82) is 0 Å². The van der Waals surface area contributed by atoms with Crippen LogP contribution in [0.4, 0.5) is 0 Å². The molecule has 0 saturated heterocycles. The SMILES string of the molecule is Cc1ccc(CC(CBr)Cc2ccccc2C)c(Cl)c1. The molecule has 0 amide bonds. The van der Waals surface area contributed by atoms with Gasteiger partial charge in [0, 0.05) is 10.4 Å². The first-order chi connectivity index (χ1) is 9.60. The minimum absolute atomic E-state index is 0.566. The Labute approximate surface area is 135 Å². The van der Waals surface area contributed by atoms with Crippen LogP contribution in [0.3, 0.4) is 0 Å². The zero-order valence-electron chi connectivity index (χ0n) is 12.0. The van der Waals surface area contributed by atoms with Crippen LogP contribution in [0.25, 0.3) is 0 Å². The average Bonchev–Trinajstić information content (AvgIpc) is 2.43. The first kappa shape index (κ1) is 15.6. The summed E-state index contributed by atoms with van der Waals surface area (Å²) in [4.78, 5) is 0. The van der Waals surface area contributed by atoms with Crippen LogP contribution in [-0.2, 0) is 12.8 Å². The van der Waals surface area contributed by atoms with Gasteiger partial charge in [-0.1, -0.05) is 63.9 Å². The normalized spacial score (nSPS) is 12.4. The number of hydrogen-bond donors (Lipinski definition) is 0. The maximum Gasteiger partial charge on any atom is 0.0440 e. The van der Waals surface area contributed by atoms with Crippen LogP contribution in [-0.4, -0.2) is 5.33 Å². The lowest BCUT2D eigenvalue weighted by Gasteiger charge is -2.17. The molecule has 20 heavy (non-hydrogen) atoms. The van der Waals surface area contributed by atoms with Crippen molar-refractivity contribution in [2.45, 2.75) is 26.7 Å². The summed E-state index contributed by atoms with van der Waals surface area (Å²) in [6, 6.07) is 15.0. The molecule has 2 aromatic rings. The zero-order chi connectivity index (χ0) is 14.5.